The zero-order valence-electron chi connectivity index (χ0n) is 23.8. The van der Waals surface area contributed by atoms with Crippen LogP contribution in [-0.2, 0) is 14.2 Å². The number of anilines is 1. The van der Waals surface area contributed by atoms with Gasteiger partial charge in [-0.15, -0.1) is 0 Å². The summed E-state index contributed by atoms with van der Waals surface area (Å²) in [6.07, 6.45) is 3.02. The van der Waals surface area contributed by atoms with Gasteiger partial charge in [-0.3, -0.25) is 4.90 Å². The minimum atomic E-state index is -0.306. The summed E-state index contributed by atoms with van der Waals surface area (Å²) in [6.45, 7) is 12.5. The highest BCUT2D eigenvalue weighted by atomic mass is 79.9. The molecule has 3 aliphatic rings. The lowest BCUT2D eigenvalue weighted by Gasteiger charge is -2.45. The number of nitrogens with zero attached hydrogens (tertiary/aromatic N) is 2. The van der Waals surface area contributed by atoms with E-state index in [-0.39, 0.29) is 23.5 Å². The molecule has 5 rings (SSSR count). The molecule has 0 N–H and O–H groups in total. The first kappa shape index (κ1) is 29.6. The second kappa shape index (κ2) is 13.0. The monoisotopic (exact) mass is 630 g/mol. The molecule has 1 aliphatic carbocycles. The molecular weight excluding hydrogens is 592 g/mol. The molecule has 0 bridgehead atoms. The fourth-order valence-corrected chi connectivity index (χ4v) is 6.83. The molecule has 8 heteroatoms. The molecular formula is C32H40BrClN2O4. The maximum atomic E-state index is 12.3. The van der Waals surface area contributed by atoms with Crippen molar-refractivity contribution in [2.45, 2.75) is 52.2 Å². The number of benzene rings is 2. The first-order chi connectivity index (χ1) is 19.2. The van der Waals surface area contributed by atoms with Gasteiger partial charge in [0, 0.05) is 54.6 Å². The molecule has 2 aromatic rings. The van der Waals surface area contributed by atoms with Gasteiger partial charge in [-0.25, -0.2) is 4.79 Å². The molecule has 2 atom stereocenters. The van der Waals surface area contributed by atoms with E-state index in [1.807, 2.05) is 37.3 Å². The van der Waals surface area contributed by atoms with Gasteiger partial charge in [0.15, 0.2) is 0 Å². The van der Waals surface area contributed by atoms with E-state index in [4.69, 9.17) is 25.8 Å². The van der Waals surface area contributed by atoms with E-state index in [0.29, 0.717) is 32.0 Å². The van der Waals surface area contributed by atoms with Crippen LogP contribution in [0, 0.1) is 5.41 Å². The SMILES string of the molecule is CCOC(=O)c1ccc(N2CCN3CC4=C(c5ccc(Cl)cc5)CC(C)(C)C[C@H]4OCCCOC[C@@H]3C2)cc1Br. The number of carbonyl (C=O) groups is 1. The Kier molecular flexibility index (Phi) is 9.58. The number of halogens is 2. The third kappa shape index (κ3) is 6.93. The second-order valence-electron chi connectivity index (χ2n) is 11.8. The zero-order chi connectivity index (χ0) is 28.3. The van der Waals surface area contributed by atoms with Gasteiger partial charge in [0.25, 0.3) is 0 Å². The van der Waals surface area contributed by atoms with E-state index >= 15 is 0 Å². The van der Waals surface area contributed by atoms with E-state index in [9.17, 15) is 4.79 Å². The van der Waals surface area contributed by atoms with Crippen LogP contribution < -0.4 is 4.90 Å². The molecule has 0 saturated carbocycles. The third-order valence-corrected chi connectivity index (χ3v) is 9.12. The highest BCUT2D eigenvalue weighted by Crippen LogP contribution is 2.45. The minimum Gasteiger partial charge on any atom is -0.462 e. The highest BCUT2D eigenvalue weighted by molar-refractivity contribution is 9.10. The quantitative estimate of drug-likeness (QED) is 0.344. The summed E-state index contributed by atoms with van der Waals surface area (Å²) < 4.78 is 18.7. The Hall–Kier alpha value is -1.90. The van der Waals surface area contributed by atoms with E-state index in [1.54, 1.807) is 0 Å². The largest absolute Gasteiger partial charge is 0.462 e. The third-order valence-electron chi connectivity index (χ3n) is 8.22. The molecule has 216 valence electrons. The maximum Gasteiger partial charge on any atom is 0.339 e. The van der Waals surface area contributed by atoms with Crippen LogP contribution in [0.2, 0.25) is 5.02 Å². The van der Waals surface area contributed by atoms with Crippen LogP contribution in [0.25, 0.3) is 5.57 Å². The molecule has 0 radical (unpaired) electrons. The predicted octanol–water partition coefficient (Wildman–Crippen LogP) is 6.85. The number of piperazine rings is 1. The van der Waals surface area contributed by atoms with Crippen molar-refractivity contribution >= 4 is 44.8 Å². The Bertz CT molecular complexity index is 1230. The average molecular weight is 632 g/mol. The van der Waals surface area contributed by atoms with Gasteiger partial charge in [0.05, 0.1) is 30.9 Å². The number of hydrogen-bond donors (Lipinski definition) is 0. The molecule has 6 nitrogen and oxygen atoms in total. The normalized spacial score (nSPS) is 24.1. The first-order valence-electron chi connectivity index (χ1n) is 14.4. The molecule has 0 unspecified atom stereocenters. The lowest BCUT2D eigenvalue weighted by Crippen LogP contribution is -2.56. The zero-order valence-corrected chi connectivity index (χ0v) is 26.1. The lowest BCUT2D eigenvalue weighted by molar-refractivity contribution is 0.0264. The Morgan fingerprint density at radius 2 is 1.95 bits per heavy atom. The van der Waals surface area contributed by atoms with E-state index in [0.717, 1.165) is 60.6 Å². The number of ether oxygens (including phenoxy) is 3. The maximum absolute atomic E-state index is 12.3. The number of allylic oxidation sites excluding steroid dienone is 1. The van der Waals surface area contributed by atoms with Gasteiger partial charge in [0.2, 0.25) is 0 Å². The number of fused-ring (bicyclic) bond motifs is 2. The molecule has 2 saturated heterocycles. The molecule has 2 fully saturated rings. The van der Waals surface area contributed by atoms with Crippen LogP contribution in [0.4, 0.5) is 5.69 Å². The van der Waals surface area contributed by atoms with E-state index < -0.39 is 0 Å². The fraction of sp³-hybridized carbons (Fsp3) is 0.531. The Balaban J connectivity index is 1.42. The predicted molar refractivity (Wildman–Crippen MR) is 164 cm³/mol. The van der Waals surface area contributed by atoms with Gasteiger partial charge in [-0.05, 0) is 94.6 Å². The topological polar surface area (TPSA) is 51.2 Å². The average Bonchev–Trinajstić information content (AvgIpc) is 2.96. The van der Waals surface area contributed by atoms with Crippen molar-refractivity contribution in [3.63, 3.8) is 0 Å². The van der Waals surface area contributed by atoms with Crippen LogP contribution in [0.15, 0.2) is 52.5 Å². The number of carbonyl (C=O) groups excluding carboxylic acids is 1. The number of hydrogen-bond acceptors (Lipinski definition) is 6. The summed E-state index contributed by atoms with van der Waals surface area (Å²) >= 11 is 9.85. The van der Waals surface area contributed by atoms with Gasteiger partial charge >= 0.3 is 5.97 Å². The molecule has 0 amide bonds. The molecule has 0 spiro atoms. The summed E-state index contributed by atoms with van der Waals surface area (Å²) in [5.74, 6) is -0.306. The summed E-state index contributed by atoms with van der Waals surface area (Å²) in [4.78, 5) is 17.3. The van der Waals surface area contributed by atoms with Crippen molar-refractivity contribution in [3.8, 4) is 0 Å². The van der Waals surface area contributed by atoms with Crippen molar-refractivity contribution in [1.82, 2.24) is 4.90 Å². The molecule has 40 heavy (non-hydrogen) atoms. The van der Waals surface area contributed by atoms with Crippen LogP contribution in [-0.4, -0.2) is 75.6 Å². The van der Waals surface area contributed by atoms with Crippen molar-refractivity contribution in [2.24, 2.45) is 5.41 Å². The second-order valence-corrected chi connectivity index (χ2v) is 13.1. The smallest absolute Gasteiger partial charge is 0.339 e. The van der Waals surface area contributed by atoms with Crippen LogP contribution >= 0.6 is 27.5 Å². The minimum absolute atomic E-state index is 0.0950. The molecule has 2 aromatic carbocycles. The lowest BCUT2D eigenvalue weighted by atomic mass is 9.71. The summed E-state index contributed by atoms with van der Waals surface area (Å²) in [5.41, 5.74) is 5.85. The molecule has 2 aliphatic heterocycles. The summed E-state index contributed by atoms with van der Waals surface area (Å²) in [5, 5.41) is 0.759. The van der Waals surface area contributed by atoms with E-state index in [1.165, 1.54) is 16.7 Å². The van der Waals surface area contributed by atoms with Crippen molar-refractivity contribution < 1.29 is 19.0 Å². The molecule has 0 aromatic heterocycles. The summed E-state index contributed by atoms with van der Waals surface area (Å²) in [6, 6.07) is 14.4. The van der Waals surface area contributed by atoms with E-state index in [2.05, 4.69) is 51.7 Å². The van der Waals surface area contributed by atoms with Gasteiger partial charge in [-0.2, -0.15) is 0 Å². The number of esters is 1. The van der Waals surface area contributed by atoms with Gasteiger partial charge in [0.1, 0.15) is 0 Å². The Morgan fingerprint density at radius 3 is 2.70 bits per heavy atom. The van der Waals surface area contributed by atoms with Crippen LogP contribution in [0.1, 0.15) is 56.0 Å². The van der Waals surface area contributed by atoms with Crippen molar-refractivity contribution in [3.05, 3.63) is 68.7 Å². The van der Waals surface area contributed by atoms with Crippen molar-refractivity contribution in [1.29, 1.82) is 0 Å². The van der Waals surface area contributed by atoms with Gasteiger partial charge in [-0.1, -0.05) is 37.6 Å². The fourth-order valence-electron chi connectivity index (χ4n) is 6.17. The first-order valence-corrected chi connectivity index (χ1v) is 15.5. The highest BCUT2D eigenvalue weighted by Gasteiger charge is 2.38. The van der Waals surface area contributed by atoms with Gasteiger partial charge < -0.3 is 19.1 Å². The Labute approximate surface area is 251 Å². The summed E-state index contributed by atoms with van der Waals surface area (Å²) in [7, 11) is 0. The van der Waals surface area contributed by atoms with Crippen molar-refractivity contribution in [2.75, 3.05) is 57.5 Å². The standard InChI is InChI=1S/C32H40BrClN2O4/c1-4-39-31(37)26-11-10-24(16-29(26)33)35-12-13-36-20-28-27(22-6-8-23(34)9-7-22)17-32(2,3)18-30(28)40-15-5-14-38-21-25(36)19-35/h6-11,16,25,30H,4-5,12-15,17-21H2,1-3H3/t25-,30+/m0/s1. The number of rotatable bonds is 4. The van der Waals surface area contributed by atoms with Crippen LogP contribution in [0.5, 0.6) is 0 Å². The Morgan fingerprint density at radius 1 is 1.15 bits per heavy atom. The van der Waals surface area contributed by atoms with Crippen LogP contribution in [0.3, 0.4) is 0 Å². The molecule has 2 heterocycles.